The zero-order valence-electron chi connectivity index (χ0n) is 10.9. The molecule has 0 amide bonds. The van der Waals surface area contributed by atoms with Gasteiger partial charge in [-0.3, -0.25) is 0 Å². The lowest BCUT2D eigenvalue weighted by molar-refractivity contribution is 0.388. The van der Waals surface area contributed by atoms with Gasteiger partial charge in [-0.1, -0.05) is 20.8 Å². The van der Waals surface area contributed by atoms with Gasteiger partial charge < -0.3 is 5.32 Å². The lowest BCUT2D eigenvalue weighted by Crippen LogP contribution is -2.24. The van der Waals surface area contributed by atoms with Crippen molar-refractivity contribution in [1.29, 1.82) is 5.26 Å². The molecule has 0 aliphatic heterocycles. The molecule has 1 unspecified atom stereocenters. The van der Waals surface area contributed by atoms with E-state index in [0.717, 1.165) is 12.1 Å². The summed E-state index contributed by atoms with van der Waals surface area (Å²) in [6, 6.07) is 3.85. The van der Waals surface area contributed by atoms with Gasteiger partial charge in [0.05, 0.1) is 11.6 Å². The highest BCUT2D eigenvalue weighted by Crippen LogP contribution is 2.15. The molecule has 1 aromatic carbocycles. The molecule has 0 aliphatic carbocycles. The summed E-state index contributed by atoms with van der Waals surface area (Å²) in [5.74, 6) is -0.379. The van der Waals surface area contributed by atoms with E-state index in [1.807, 2.05) is 0 Å². The van der Waals surface area contributed by atoms with E-state index in [-0.39, 0.29) is 17.7 Å². The number of halogens is 2. The molecule has 2 nitrogen and oxygen atoms in total. The molecule has 1 N–H and O–H groups in total. The fraction of sp³-hybridized carbons (Fsp3) is 0.500. The van der Waals surface area contributed by atoms with Crippen LogP contribution in [0.1, 0.15) is 31.9 Å². The van der Waals surface area contributed by atoms with Crippen LogP contribution < -0.4 is 5.32 Å². The highest BCUT2D eigenvalue weighted by molar-refractivity contribution is 5.34. The van der Waals surface area contributed by atoms with Crippen molar-refractivity contribution in [3.63, 3.8) is 0 Å². The minimum atomic E-state index is -0.670. The molecule has 0 aliphatic rings. The number of rotatable bonds is 5. The average Bonchev–Trinajstić information content (AvgIpc) is 2.31. The molecule has 98 valence electrons. The molecule has 0 bridgehead atoms. The Bertz CT molecular complexity index is 427. The lowest BCUT2D eigenvalue weighted by atomic mass is 9.98. The van der Waals surface area contributed by atoms with E-state index >= 15 is 0 Å². The Morgan fingerprint density at radius 3 is 2.22 bits per heavy atom. The van der Waals surface area contributed by atoms with Crippen molar-refractivity contribution in [2.45, 2.75) is 27.3 Å². The Kier molecular flexibility index (Phi) is 5.24. The predicted molar refractivity (Wildman–Crippen MR) is 66.8 cm³/mol. The number of nitriles is 1. The van der Waals surface area contributed by atoms with E-state index in [4.69, 9.17) is 5.26 Å². The van der Waals surface area contributed by atoms with Crippen LogP contribution in [0.15, 0.2) is 12.1 Å². The Labute approximate surface area is 107 Å². The summed E-state index contributed by atoms with van der Waals surface area (Å²) in [7, 11) is 0. The fourth-order valence-corrected chi connectivity index (χ4v) is 1.50. The van der Waals surface area contributed by atoms with Crippen LogP contribution in [0.4, 0.5) is 8.78 Å². The third-order valence-electron chi connectivity index (χ3n) is 3.18. The first kappa shape index (κ1) is 14.6. The quantitative estimate of drug-likeness (QED) is 0.873. The van der Waals surface area contributed by atoms with Crippen molar-refractivity contribution in [2.24, 2.45) is 11.8 Å². The summed E-state index contributed by atoms with van der Waals surface area (Å²) in [6.07, 6.45) is 0. The van der Waals surface area contributed by atoms with Crippen LogP contribution in [0, 0.1) is 34.8 Å². The minimum Gasteiger partial charge on any atom is -0.312 e. The average molecular weight is 252 g/mol. The molecule has 1 rings (SSSR count). The van der Waals surface area contributed by atoms with Gasteiger partial charge >= 0.3 is 0 Å². The standard InChI is InChI=1S/C14H18F2N2/c1-9(2)10(3)7-18-8-12-13(15)4-11(6-17)5-14(12)16/h4-5,9-10,18H,7-8H2,1-3H3. The summed E-state index contributed by atoms with van der Waals surface area (Å²) >= 11 is 0. The van der Waals surface area contributed by atoms with E-state index < -0.39 is 11.6 Å². The van der Waals surface area contributed by atoms with Gasteiger partial charge in [0.15, 0.2) is 0 Å². The van der Waals surface area contributed by atoms with Gasteiger partial charge in [-0.05, 0) is 30.5 Å². The van der Waals surface area contributed by atoms with Gasteiger partial charge in [-0.15, -0.1) is 0 Å². The van der Waals surface area contributed by atoms with Crippen molar-refractivity contribution in [3.05, 3.63) is 34.9 Å². The molecule has 0 radical (unpaired) electrons. The second kappa shape index (κ2) is 6.46. The number of benzene rings is 1. The summed E-state index contributed by atoms with van der Waals surface area (Å²) in [4.78, 5) is 0. The van der Waals surface area contributed by atoms with Crippen molar-refractivity contribution in [3.8, 4) is 6.07 Å². The van der Waals surface area contributed by atoms with Crippen molar-refractivity contribution < 1.29 is 8.78 Å². The van der Waals surface area contributed by atoms with Crippen LogP contribution in [-0.4, -0.2) is 6.54 Å². The van der Waals surface area contributed by atoms with E-state index in [9.17, 15) is 8.78 Å². The molecular formula is C14H18F2N2. The van der Waals surface area contributed by atoms with Crippen LogP contribution in [0.2, 0.25) is 0 Å². The molecule has 1 aromatic rings. The molecular weight excluding hydrogens is 234 g/mol. The number of nitrogens with zero attached hydrogens (tertiary/aromatic N) is 1. The van der Waals surface area contributed by atoms with Crippen LogP contribution in [0.3, 0.4) is 0 Å². The molecule has 18 heavy (non-hydrogen) atoms. The van der Waals surface area contributed by atoms with Gasteiger partial charge in [0.1, 0.15) is 11.6 Å². The summed E-state index contributed by atoms with van der Waals surface area (Å²) < 4.78 is 27.1. The van der Waals surface area contributed by atoms with Crippen LogP contribution in [0.5, 0.6) is 0 Å². The third kappa shape index (κ3) is 3.78. The number of hydrogen-bond acceptors (Lipinski definition) is 2. The molecule has 0 saturated heterocycles. The number of hydrogen-bond donors (Lipinski definition) is 1. The van der Waals surface area contributed by atoms with E-state index in [2.05, 4.69) is 26.1 Å². The van der Waals surface area contributed by atoms with E-state index in [1.165, 1.54) is 0 Å². The van der Waals surface area contributed by atoms with Crippen LogP contribution in [-0.2, 0) is 6.54 Å². The molecule has 0 spiro atoms. The highest BCUT2D eigenvalue weighted by atomic mass is 19.1. The molecule has 0 aromatic heterocycles. The second-order valence-corrected chi connectivity index (χ2v) is 4.88. The summed E-state index contributed by atoms with van der Waals surface area (Å²) in [6.45, 7) is 7.14. The summed E-state index contributed by atoms with van der Waals surface area (Å²) in [5, 5.41) is 11.6. The Hall–Kier alpha value is -1.47. The highest BCUT2D eigenvalue weighted by Gasteiger charge is 2.12. The van der Waals surface area contributed by atoms with Gasteiger partial charge in [-0.25, -0.2) is 8.78 Å². The van der Waals surface area contributed by atoms with Crippen LogP contribution in [0.25, 0.3) is 0 Å². The Morgan fingerprint density at radius 2 is 1.78 bits per heavy atom. The Morgan fingerprint density at radius 1 is 1.22 bits per heavy atom. The number of nitrogens with one attached hydrogen (secondary N) is 1. The third-order valence-corrected chi connectivity index (χ3v) is 3.18. The molecule has 0 saturated carbocycles. The second-order valence-electron chi connectivity index (χ2n) is 4.88. The maximum absolute atomic E-state index is 13.5. The van der Waals surface area contributed by atoms with E-state index in [1.54, 1.807) is 6.07 Å². The first-order valence-corrected chi connectivity index (χ1v) is 6.04. The van der Waals surface area contributed by atoms with Gasteiger partial charge in [-0.2, -0.15) is 5.26 Å². The van der Waals surface area contributed by atoms with Gasteiger partial charge in [0.25, 0.3) is 0 Å². The topological polar surface area (TPSA) is 35.8 Å². The normalized spacial score (nSPS) is 12.5. The smallest absolute Gasteiger partial charge is 0.131 e. The van der Waals surface area contributed by atoms with Crippen molar-refractivity contribution in [1.82, 2.24) is 5.32 Å². The Balaban J connectivity index is 2.66. The maximum Gasteiger partial charge on any atom is 0.131 e. The maximum atomic E-state index is 13.5. The summed E-state index contributed by atoms with van der Waals surface area (Å²) in [5.41, 5.74) is -0.00532. The molecule has 4 heteroatoms. The lowest BCUT2D eigenvalue weighted by Gasteiger charge is -2.16. The molecule has 0 heterocycles. The van der Waals surface area contributed by atoms with E-state index in [0.29, 0.717) is 18.4 Å². The zero-order chi connectivity index (χ0) is 13.7. The monoisotopic (exact) mass is 252 g/mol. The SMILES string of the molecule is CC(C)C(C)CNCc1c(F)cc(C#N)cc1F. The van der Waals surface area contributed by atoms with Crippen molar-refractivity contribution in [2.75, 3.05) is 6.54 Å². The molecule has 0 fully saturated rings. The van der Waals surface area contributed by atoms with Crippen LogP contribution >= 0.6 is 0 Å². The minimum absolute atomic E-state index is 0.00398. The van der Waals surface area contributed by atoms with Gasteiger partial charge in [0, 0.05) is 12.1 Å². The molecule has 1 atom stereocenters. The van der Waals surface area contributed by atoms with Gasteiger partial charge in [0.2, 0.25) is 0 Å². The largest absolute Gasteiger partial charge is 0.312 e. The first-order valence-electron chi connectivity index (χ1n) is 6.04. The zero-order valence-corrected chi connectivity index (χ0v) is 10.9. The first-order chi connectivity index (χ1) is 8.45. The predicted octanol–water partition coefficient (Wildman–Crippen LogP) is 3.22. The van der Waals surface area contributed by atoms with Crippen molar-refractivity contribution >= 4 is 0 Å². The fourth-order valence-electron chi connectivity index (χ4n) is 1.50.